The summed E-state index contributed by atoms with van der Waals surface area (Å²) in [4.78, 5) is 11.3. The van der Waals surface area contributed by atoms with Crippen molar-refractivity contribution in [3.8, 4) is 0 Å². The molecule has 5 heteroatoms. The predicted molar refractivity (Wildman–Crippen MR) is 77.7 cm³/mol. The van der Waals surface area contributed by atoms with Crippen molar-refractivity contribution in [1.29, 1.82) is 0 Å². The molecule has 0 aromatic carbocycles. The molecule has 4 nitrogen and oxygen atoms in total. The zero-order valence-electron chi connectivity index (χ0n) is 11.9. The van der Waals surface area contributed by atoms with Gasteiger partial charge in [0.1, 0.15) is 6.04 Å². The molecule has 3 unspecified atom stereocenters. The third-order valence-electron chi connectivity index (χ3n) is 4.00. The maximum Gasteiger partial charge on any atom is 0.320 e. The van der Waals surface area contributed by atoms with E-state index < -0.39 is 12.0 Å². The Balaban J connectivity index is 1.91. The number of carboxylic acids is 1. The van der Waals surface area contributed by atoms with Gasteiger partial charge in [-0.05, 0) is 37.4 Å². The van der Waals surface area contributed by atoms with Crippen LogP contribution in [0.3, 0.4) is 0 Å². The van der Waals surface area contributed by atoms with E-state index in [1.807, 2.05) is 11.8 Å². The van der Waals surface area contributed by atoms with Crippen LogP contribution in [0.2, 0.25) is 0 Å². The van der Waals surface area contributed by atoms with Gasteiger partial charge in [0.05, 0.1) is 5.60 Å². The van der Waals surface area contributed by atoms with Crippen LogP contribution in [0.25, 0.3) is 0 Å². The minimum Gasteiger partial charge on any atom is -0.480 e. The average molecular weight is 287 g/mol. The monoisotopic (exact) mass is 287 g/mol. The number of hydrogen-bond acceptors (Lipinski definition) is 4. The Morgan fingerprint density at radius 3 is 2.95 bits per heavy atom. The first-order valence-electron chi connectivity index (χ1n) is 7.21. The number of hydrogen-bond donors (Lipinski definition) is 2. The van der Waals surface area contributed by atoms with Crippen LogP contribution in [0.1, 0.15) is 39.5 Å². The second kappa shape index (κ2) is 6.46. The van der Waals surface area contributed by atoms with Crippen molar-refractivity contribution >= 4 is 17.7 Å². The summed E-state index contributed by atoms with van der Waals surface area (Å²) in [7, 11) is 0. The molecule has 2 N–H and O–H groups in total. The van der Waals surface area contributed by atoms with Gasteiger partial charge in [0, 0.05) is 18.4 Å². The van der Waals surface area contributed by atoms with E-state index in [2.05, 4.69) is 19.2 Å². The molecule has 0 aliphatic carbocycles. The molecule has 19 heavy (non-hydrogen) atoms. The molecular weight excluding hydrogens is 262 g/mol. The predicted octanol–water partition coefficient (Wildman–Crippen LogP) is 2.13. The van der Waals surface area contributed by atoms with E-state index in [1.54, 1.807) is 0 Å². The third kappa shape index (κ3) is 4.10. The number of ether oxygens (including phenoxy) is 1. The van der Waals surface area contributed by atoms with Gasteiger partial charge in [-0.15, -0.1) is 0 Å². The van der Waals surface area contributed by atoms with Crippen LogP contribution in [0.4, 0.5) is 0 Å². The molecule has 0 aromatic rings. The smallest absolute Gasteiger partial charge is 0.320 e. The summed E-state index contributed by atoms with van der Waals surface area (Å²) < 4.78 is 5.97. The highest BCUT2D eigenvalue weighted by atomic mass is 32.2. The molecule has 2 heterocycles. The standard InChI is InChI=1S/C14H25NO3S/c1-10(2)7-12(13(16)17)15-11-3-5-18-14(8-11)4-6-19-9-14/h10-12,15H,3-9H2,1-2H3,(H,16,17). The number of thioether (sulfide) groups is 1. The number of carbonyl (C=O) groups is 1. The summed E-state index contributed by atoms with van der Waals surface area (Å²) in [5.41, 5.74) is 0.0153. The molecule has 0 bridgehead atoms. The Morgan fingerprint density at radius 1 is 1.58 bits per heavy atom. The number of carboxylic acid groups (broad SMARTS) is 1. The van der Waals surface area contributed by atoms with Gasteiger partial charge in [-0.2, -0.15) is 11.8 Å². The van der Waals surface area contributed by atoms with Crippen molar-refractivity contribution < 1.29 is 14.6 Å². The molecule has 1 spiro atoms. The lowest BCUT2D eigenvalue weighted by Gasteiger charge is -2.39. The van der Waals surface area contributed by atoms with E-state index in [9.17, 15) is 9.90 Å². The first kappa shape index (κ1) is 15.1. The van der Waals surface area contributed by atoms with Gasteiger partial charge in [-0.25, -0.2) is 0 Å². The summed E-state index contributed by atoms with van der Waals surface area (Å²) in [6.07, 6.45) is 3.68. The molecule has 2 fully saturated rings. The van der Waals surface area contributed by atoms with Gasteiger partial charge in [-0.3, -0.25) is 4.79 Å². The molecule has 3 atom stereocenters. The number of rotatable bonds is 5. The summed E-state index contributed by atoms with van der Waals surface area (Å²) in [6, 6.07) is -0.137. The molecule has 0 radical (unpaired) electrons. The molecule has 2 saturated heterocycles. The Bertz CT molecular complexity index is 316. The van der Waals surface area contributed by atoms with Crippen LogP contribution in [0, 0.1) is 5.92 Å². The van der Waals surface area contributed by atoms with Gasteiger partial charge < -0.3 is 15.2 Å². The van der Waals surface area contributed by atoms with Crippen molar-refractivity contribution in [3.63, 3.8) is 0 Å². The summed E-state index contributed by atoms with van der Waals surface area (Å²) in [5.74, 6) is 1.90. The maximum absolute atomic E-state index is 11.3. The first-order valence-corrected chi connectivity index (χ1v) is 8.37. The van der Waals surface area contributed by atoms with E-state index in [1.165, 1.54) is 5.75 Å². The highest BCUT2D eigenvalue weighted by Crippen LogP contribution is 2.38. The zero-order chi connectivity index (χ0) is 13.9. The Hall–Kier alpha value is -0.260. The van der Waals surface area contributed by atoms with Crippen LogP contribution in [-0.2, 0) is 9.53 Å². The van der Waals surface area contributed by atoms with Crippen molar-refractivity contribution in [1.82, 2.24) is 5.32 Å². The van der Waals surface area contributed by atoms with Crippen LogP contribution in [-0.4, -0.2) is 46.9 Å². The average Bonchev–Trinajstić information content (AvgIpc) is 2.76. The second-order valence-electron chi connectivity index (χ2n) is 6.21. The van der Waals surface area contributed by atoms with E-state index >= 15 is 0 Å². The molecule has 2 rings (SSSR count). The van der Waals surface area contributed by atoms with Crippen LogP contribution >= 0.6 is 11.8 Å². The lowest BCUT2D eigenvalue weighted by molar-refractivity contribution is -0.141. The Kier molecular flexibility index (Phi) is 5.15. The SMILES string of the molecule is CC(C)CC(NC1CCOC2(CCSC2)C1)C(=O)O. The Morgan fingerprint density at radius 2 is 2.37 bits per heavy atom. The van der Waals surface area contributed by atoms with Crippen LogP contribution < -0.4 is 5.32 Å². The van der Waals surface area contributed by atoms with Crippen molar-refractivity contribution in [3.05, 3.63) is 0 Å². The van der Waals surface area contributed by atoms with Crippen molar-refractivity contribution in [2.45, 2.75) is 57.2 Å². The van der Waals surface area contributed by atoms with Crippen LogP contribution in [0.5, 0.6) is 0 Å². The molecule has 0 aromatic heterocycles. The first-order chi connectivity index (χ1) is 9.01. The maximum atomic E-state index is 11.3. The Labute approximate surface area is 119 Å². The lowest BCUT2D eigenvalue weighted by atomic mass is 9.89. The molecule has 2 aliphatic rings. The molecular formula is C14H25NO3S. The molecule has 0 amide bonds. The fourth-order valence-corrected chi connectivity index (χ4v) is 4.41. The van der Waals surface area contributed by atoms with E-state index in [0.29, 0.717) is 12.3 Å². The van der Waals surface area contributed by atoms with E-state index in [0.717, 1.165) is 31.6 Å². The number of nitrogens with one attached hydrogen (secondary N) is 1. The highest BCUT2D eigenvalue weighted by molar-refractivity contribution is 7.99. The largest absolute Gasteiger partial charge is 0.480 e. The van der Waals surface area contributed by atoms with Crippen molar-refractivity contribution in [2.75, 3.05) is 18.1 Å². The quantitative estimate of drug-likeness (QED) is 0.811. The van der Waals surface area contributed by atoms with Gasteiger partial charge in [0.2, 0.25) is 0 Å². The normalized spacial score (nSPS) is 32.9. The summed E-state index contributed by atoms with van der Waals surface area (Å²) >= 11 is 1.95. The van der Waals surface area contributed by atoms with Gasteiger partial charge in [-0.1, -0.05) is 13.8 Å². The van der Waals surface area contributed by atoms with Crippen molar-refractivity contribution in [2.24, 2.45) is 5.92 Å². The molecule has 110 valence electrons. The van der Waals surface area contributed by atoms with E-state index in [4.69, 9.17) is 4.74 Å². The zero-order valence-corrected chi connectivity index (χ0v) is 12.7. The number of aliphatic carboxylic acids is 1. The van der Waals surface area contributed by atoms with E-state index in [-0.39, 0.29) is 11.6 Å². The molecule has 2 aliphatic heterocycles. The lowest BCUT2D eigenvalue weighted by Crippen LogP contribution is -2.52. The minimum absolute atomic E-state index is 0.0153. The summed E-state index contributed by atoms with van der Waals surface area (Å²) in [5, 5.41) is 12.7. The fourth-order valence-electron chi connectivity index (χ4n) is 3.03. The second-order valence-corrected chi connectivity index (χ2v) is 7.32. The third-order valence-corrected chi connectivity index (χ3v) is 5.23. The topological polar surface area (TPSA) is 58.6 Å². The van der Waals surface area contributed by atoms with Gasteiger partial charge >= 0.3 is 5.97 Å². The highest BCUT2D eigenvalue weighted by Gasteiger charge is 2.41. The molecule has 0 saturated carbocycles. The minimum atomic E-state index is -0.727. The van der Waals surface area contributed by atoms with Gasteiger partial charge in [0.15, 0.2) is 0 Å². The summed E-state index contributed by atoms with van der Waals surface area (Å²) in [6.45, 7) is 4.89. The van der Waals surface area contributed by atoms with Gasteiger partial charge in [0.25, 0.3) is 0 Å². The van der Waals surface area contributed by atoms with Crippen LogP contribution in [0.15, 0.2) is 0 Å². The fraction of sp³-hybridized carbons (Fsp3) is 0.929.